The van der Waals surface area contributed by atoms with Crippen molar-refractivity contribution < 1.29 is 4.79 Å². The van der Waals surface area contributed by atoms with Gasteiger partial charge in [-0.15, -0.1) is 11.3 Å². The molecule has 5 nitrogen and oxygen atoms in total. The van der Waals surface area contributed by atoms with Crippen molar-refractivity contribution in [1.29, 1.82) is 0 Å². The lowest BCUT2D eigenvalue weighted by molar-refractivity contribution is 0.0684. The molecule has 0 N–H and O–H groups in total. The molecular weight excluding hydrogens is 332 g/mol. The number of nitrogens with zero attached hydrogens (tertiary/aromatic N) is 4. The highest BCUT2D eigenvalue weighted by Gasteiger charge is 2.27. The molecule has 25 heavy (non-hydrogen) atoms. The molecule has 0 atom stereocenters. The van der Waals surface area contributed by atoms with Gasteiger partial charge in [0.05, 0.1) is 17.8 Å². The van der Waals surface area contributed by atoms with Crippen molar-refractivity contribution >= 4 is 22.9 Å². The number of rotatable bonds is 3. The molecule has 0 aliphatic carbocycles. The van der Waals surface area contributed by atoms with Crippen LogP contribution in [0.25, 0.3) is 5.70 Å². The molecular formula is C19H22N4OS. The lowest BCUT2D eigenvalue weighted by Crippen LogP contribution is -2.48. The number of fused-ring (bicyclic) bond motifs is 1. The van der Waals surface area contributed by atoms with Crippen LogP contribution < -0.4 is 0 Å². The molecule has 4 rings (SSSR count). The fourth-order valence-electron chi connectivity index (χ4n) is 3.44. The van der Waals surface area contributed by atoms with Gasteiger partial charge in [-0.1, -0.05) is 0 Å². The molecule has 1 amide bonds. The molecule has 0 bridgehead atoms. The van der Waals surface area contributed by atoms with E-state index in [1.807, 2.05) is 28.4 Å². The van der Waals surface area contributed by atoms with Gasteiger partial charge in [-0.3, -0.25) is 9.78 Å². The molecule has 2 aliphatic heterocycles. The lowest BCUT2D eigenvalue weighted by atomic mass is 10.1. The Hall–Kier alpha value is -2.34. The molecule has 0 radical (unpaired) electrons. The summed E-state index contributed by atoms with van der Waals surface area (Å²) in [5.74, 6) is 0.0804. The number of carbonyl (C=O) groups is 1. The summed E-state index contributed by atoms with van der Waals surface area (Å²) in [6.45, 7) is 7.44. The second-order valence-corrected chi connectivity index (χ2v) is 7.36. The maximum atomic E-state index is 12.6. The van der Waals surface area contributed by atoms with Crippen molar-refractivity contribution in [2.45, 2.75) is 13.5 Å². The smallest absolute Gasteiger partial charge is 0.255 e. The molecule has 2 aromatic rings. The Balaban J connectivity index is 1.47. The van der Waals surface area contributed by atoms with Crippen LogP contribution in [-0.2, 0) is 6.54 Å². The van der Waals surface area contributed by atoms with Gasteiger partial charge in [0.15, 0.2) is 0 Å². The number of hydrogen-bond donors (Lipinski definition) is 0. The highest BCUT2D eigenvalue weighted by molar-refractivity contribution is 7.10. The van der Waals surface area contributed by atoms with Gasteiger partial charge < -0.3 is 14.7 Å². The quantitative estimate of drug-likeness (QED) is 0.850. The lowest BCUT2D eigenvalue weighted by Gasteiger charge is -2.39. The van der Waals surface area contributed by atoms with Gasteiger partial charge in [-0.25, -0.2) is 0 Å². The Morgan fingerprint density at radius 1 is 1.24 bits per heavy atom. The molecule has 2 aliphatic rings. The summed E-state index contributed by atoms with van der Waals surface area (Å²) < 4.78 is 0. The summed E-state index contributed by atoms with van der Waals surface area (Å²) in [5, 5.41) is 2.18. The van der Waals surface area contributed by atoms with E-state index in [2.05, 4.69) is 39.4 Å². The normalized spacial score (nSPS) is 17.3. The first-order chi connectivity index (χ1) is 12.3. The summed E-state index contributed by atoms with van der Waals surface area (Å²) >= 11 is 1.83. The summed E-state index contributed by atoms with van der Waals surface area (Å²) in [4.78, 5) is 24.8. The zero-order valence-electron chi connectivity index (χ0n) is 14.4. The molecule has 0 spiro atoms. The maximum absolute atomic E-state index is 12.6. The molecule has 0 unspecified atom stereocenters. The monoisotopic (exact) mass is 354 g/mol. The summed E-state index contributed by atoms with van der Waals surface area (Å²) in [5.41, 5.74) is 3.34. The minimum Gasteiger partial charge on any atom is -0.371 e. The molecule has 0 aromatic carbocycles. The highest BCUT2D eigenvalue weighted by atomic mass is 32.1. The minimum atomic E-state index is 0.0804. The van der Waals surface area contributed by atoms with Gasteiger partial charge >= 0.3 is 0 Å². The van der Waals surface area contributed by atoms with Crippen molar-refractivity contribution in [1.82, 2.24) is 19.7 Å². The van der Waals surface area contributed by atoms with Crippen molar-refractivity contribution in [2.75, 3.05) is 32.7 Å². The first-order valence-electron chi connectivity index (χ1n) is 8.73. The van der Waals surface area contributed by atoms with E-state index in [0.717, 1.165) is 39.3 Å². The number of thiophene rings is 1. The summed E-state index contributed by atoms with van der Waals surface area (Å²) in [7, 11) is 0. The van der Waals surface area contributed by atoms with Gasteiger partial charge in [0.1, 0.15) is 0 Å². The fraction of sp³-hybridized carbons (Fsp3) is 0.368. The highest BCUT2D eigenvalue weighted by Crippen LogP contribution is 2.33. The van der Waals surface area contributed by atoms with Crippen molar-refractivity contribution in [2.24, 2.45) is 0 Å². The van der Waals surface area contributed by atoms with Crippen LogP contribution in [0.5, 0.6) is 0 Å². The third kappa shape index (κ3) is 3.14. The first kappa shape index (κ1) is 16.1. The van der Waals surface area contributed by atoms with Gasteiger partial charge in [0.25, 0.3) is 5.91 Å². The number of carbonyl (C=O) groups excluding carboxylic acids is 1. The van der Waals surface area contributed by atoms with E-state index in [-0.39, 0.29) is 5.91 Å². The van der Waals surface area contributed by atoms with E-state index in [0.29, 0.717) is 5.56 Å². The number of pyridine rings is 1. The zero-order valence-corrected chi connectivity index (χ0v) is 15.2. The van der Waals surface area contributed by atoms with Crippen LogP contribution in [0.3, 0.4) is 0 Å². The first-order valence-corrected chi connectivity index (χ1v) is 9.61. The predicted octanol–water partition coefficient (Wildman–Crippen LogP) is 2.74. The van der Waals surface area contributed by atoms with E-state index in [4.69, 9.17) is 0 Å². The van der Waals surface area contributed by atoms with E-state index in [1.54, 1.807) is 12.4 Å². The number of aromatic nitrogens is 1. The number of amides is 1. The third-order valence-electron chi connectivity index (χ3n) is 4.90. The molecule has 6 heteroatoms. The molecule has 1 fully saturated rings. The predicted molar refractivity (Wildman–Crippen MR) is 100 cm³/mol. The van der Waals surface area contributed by atoms with Crippen LogP contribution >= 0.6 is 11.3 Å². The van der Waals surface area contributed by atoms with E-state index >= 15 is 0 Å². The second-order valence-electron chi connectivity index (χ2n) is 6.36. The molecule has 2 aromatic heterocycles. The number of piperazine rings is 1. The van der Waals surface area contributed by atoms with Gasteiger partial charge in [0, 0.05) is 61.8 Å². The summed E-state index contributed by atoms with van der Waals surface area (Å²) in [6, 6.07) is 5.88. The van der Waals surface area contributed by atoms with Gasteiger partial charge in [-0.05, 0) is 30.5 Å². The Morgan fingerprint density at radius 2 is 2.08 bits per heavy atom. The van der Waals surface area contributed by atoms with Crippen molar-refractivity contribution in [3.05, 3.63) is 58.2 Å². The number of hydrogen-bond acceptors (Lipinski definition) is 5. The van der Waals surface area contributed by atoms with Crippen LogP contribution in [0.15, 0.2) is 42.2 Å². The van der Waals surface area contributed by atoms with Crippen LogP contribution in [-0.4, -0.2) is 58.3 Å². The standard InChI is InChI=1S/C19H22N4OS/c1-2-21-13-17(16-5-11-25-18(16)14-21)22-7-9-23(10-8-22)19(24)15-4-3-6-20-12-15/h3-6,11-13H,2,7-10,14H2,1H3. The average Bonchev–Trinajstić information content (AvgIpc) is 3.16. The average molecular weight is 354 g/mol. The summed E-state index contributed by atoms with van der Waals surface area (Å²) in [6.07, 6.45) is 5.63. The Kier molecular flexibility index (Phi) is 4.44. The fourth-order valence-corrected chi connectivity index (χ4v) is 4.35. The maximum Gasteiger partial charge on any atom is 0.255 e. The van der Waals surface area contributed by atoms with Gasteiger partial charge in [-0.2, -0.15) is 0 Å². The van der Waals surface area contributed by atoms with Gasteiger partial charge in [0.2, 0.25) is 0 Å². The molecule has 1 saturated heterocycles. The topological polar surface area (TPSA) is 39.7 Å². The van der Waals surface area contributed by atoms with E-state index in [9.17, 15) is 4.79 Å². The SMILES string of the molecule is CCN1C=C(N2CCN(C(=O)c3cccnc3)CC2)c2ccsc2C1. The molecule has 0 saturated carbocycles. The van der Waals surface area contributed by atoms with Crippen LogP contribution in [0, 0.1) is 0 Å². The largest absolute Gasteiger partial charge is 0.371 e. The second kappa shape index (κ2) is 6.88. The van der Waals surface area contributed by atoms with E-state index in [1.165, 1.54) is 16.1 Å². The van der Waals surface area contributed by atoms with Crippen molar-refractivity contribution in [3.8, 4) is 0 Å². The van der Waals surface area contributed by atoms with Crippen LogP contribution in [0.2, 0.25) is 0 Å². The Bertz CT molecular complexity index is 778. The third-order valence-corrected chi connectivity index (χ3v) is 5.80. The molecule has 4 heterocycles. The zero-order chi connectivity index (χ0) is 17.2. The minimum absolute atomic E-state index is 0.0804. The van der Waals surface area contributed by atoms with Crippen LogP contribution in [0.1, 0.15) is 27.7 Å². The Morgan fingerprint density at radius 3 is 2.80 bits per heavy atom. The van der Waals surface area contributed by atoms with E-state index < -0.39 is 0 Å². The van der Waals surface area contributed by atoms with Crippen LogP contribution in [0.4, 0.5) is 0 Å². The Labute approximate surface area is 152 Å². The molecule has 130 valence electrons. The van der Waals surface area contributed by atoms with Crippen molar-refractivity contribution in [3.63, 3.8) is 0 Å².